The quantitative estimate of drug-likeness (QED) is 0.281. The third-order valence-electron chi connectivity index (χ3n) is 5.41. The highest BCUT2D eigenvalue weighted by atomic mass is 32.2. The van der Waals surface area contributed by atoms with Crippen LogP contribution in [0.15, 0.2) is 47.6 Å². The van der Waals surface area contributed by atoms with Gasteiger partial charge in [-0.1, -0.05) is 23.9 Å². The Balaban J connectivity index is 1.47. The van der Waals surface area contributed by atoms with Crippen LogP contribution in [0.3, 0.4) is 0 Å². The minimum absolute atomic E-state index is 0.0562. The number of hydrogen-bond donors (Lipinski definition) is 0. The van der Waals surface area contributed by atoms with E-state index in [9.17, 15) is 9.59 Å². The highest BCUT2D eigenvalue weighted by Crippen LogP contribution is 2.30. The molecular formula is C26H31N3O6S. The van der Waals surface area contributed by atoms with Crippen molar-refractivity contribution in [3.63, 3.8) is 0 Å². The van der Waals surface area contributed by atoms with E-state index in [1.165, 1.54) is 11.8 Å². The van der Waals surface area contributed by atoms with Gasteiger partial charge in [0, 0.05) is 31.9 Å². The van der Waals surface area contributed by atoms with Gasteiger partial charge in [-0.05, 0) is 36.8 Å². The Labute approximate surface area is 215 Å². The molecule has 2 aromatic carbocycles. The summed E-state index contributed by atoms with van der Waals surface area (Å²) in [5, 5.41) is 9.15. The van der Waals surface area contributed by atoms with Crippen LogP contribution in [0.2, 0.25) is 0 Å². The molecule has 0 bridgehead atoms. The minimum atomic E-state index is -0.0583. The summed E-state index contributed by atoms with van der Waals surface area (Å²) in [6, 6.07) is 12.6. The number of carbonyl (C=O) groups excluding carboxylic acids is 2. The van der Waals surface area contributed by atoms with Crippen molar-refractivity contribution >= 4 is 23.3 Å². The Bertz CT molecular complexity index is 1160. The molecule has 0 aliphatic heterocycles. The van der Waals surface area contributed by atoms with E-state index in [0.29, 0.717) is 53.4 Å². The van der Waals surface area contributed by atoms with E-state index in [-0.39, 0.29) is 24.6 Å². The van der Waals surface area contributed by atoms with Gasteiger partial charge >= 0.3 is 0 Å². The number of methoxy groups -OCH3 is 3. The summed E-state index contributed by atoms with van der Waals surface area (Å²) in [6.07, 6.45) is 1.06. The minimum Gasteiger partial charge on any atom is -0.497 e. The molecule has 10 heteroatoms. The van der Waals surface area contributed by atoms with Crippen LogP contribution in [0, 0.1) is 0 Å². The van der Waals surface area contributed by atoms with Crippen molar-refractivity contribution in [3.8, 4) is 23.0 Å². The molecule has 0 unspecified atom stereocenters. The molecule has 9 nitrogen and oxygen atoms in total. The summed E-state index contributed by atoms with van der Waals surface area (Å²) in [5.41, 5.74) is 0.938. The van der Waals surface area contributed by atoms with E-state index >= 15 is 0 Å². The first-order valence-corrected chi connectivity index (χ1v) is 12.5. The van der Waals surface area contributed by atoms with Gasteiger partial charge < -0.3 is 23.5 Å². The van der Waals surface area contributed by atoms with Crippen molar-refractivity contribution in [2.75, 3.05) is 33.7 Å². The van der Waals surface area contributed by atoms with Crippen LogP contribution in [0.25, 0.3) is 0 Å². The lowest BCUT2D eigenvalue weighted by atomic mass is 10.1. The van der Waals surface area contributed by atoms with Gasteiger partial charge in [-0.25, -0.2) is 0 Å². The molecule has 3 aromatic rings. The molecule has 1 heterocycles. The van der Waals surface area contributed by atoms with Gasteiger partial charge in [0.15, 0.2) is 22.4 Å². The maximum atomic E-state index is 12.4. The first-order chi connectivity index (χ1) is 17.5. The number of aromatic nitrogens is 3. The molecular weight excluding hydrogens is 482 g/mol. The average Bonchev–Trinajstić information content (AvgIpc) is 3.31. The lowest BCUT2D eigenvalue weighted by molar-refractivity contribution is -0.121. The van der Waals surface area contributed by atoms with E-state index in [1.54, 1.807) is 39.5 Å². The lowest BCUT2D eigenvalue weighted by Gasteiger charge is -2.10. The van der Waals surface area contributed by atoms with Gasteiger partial charge in [0.2, 0.25) is 0 Å². The molecule has 192 valence electrons. The number of benzene rings is 2. The highest BCUT2D eigenvalue weighted by molar-refractivity contribution is 7.99. The standard InChI is InChI=1S/C26H31N3O6S/c1-5-29-25(13-8-19(30)16-35-22-11-12-23(33-3)24(15-22)34-4)27-28-26(29)36-17-20(31)14-18-6-9-21(32-2)10-7-18/h6-7,9-12,15H,5,8,13-14,16-17H2,1-4H3. The number of aryl methyl sites for hydroxylation is 1. The maximum Gasteiger partial charge on any atom is 0.191 e. The number of carbonyl (C=O) groups is 2. The molecule has 0 aliphatic rings. The molecule has 0 aliphatic carbocycles. The van der Waals surface area contributed by atoms with Crippen LogP contribution >= 0.6 is 11.8 Å². The predicted molar refractivity (Wildman–Crippen MR) is 136 cm³/mol. The Hall–Kier alpha value is -3.53. The molecule has 0 atom stereocenters. The molecule has 1 aromatic heterocycles. The third kappa shape index (κ3) is 7.48. The van der Waals surface area contributed by atoms with Crippen LogP contribution in [0.5, 0.6) is 23.0 Å². The second kappa shape index (κ2) is 13.5. The summed E-state index contributed by atoms with van der Waals surface area (Å²) in [7, 11) is 4.71. The highest BCUT2D eigenvalue weighted by Gasteiger charge is 2.15. The van der Waals surface area contributed by atoms with Crippen LogP contribution in [0.4, 0.5) is 0 Å². The molecule has 0 N–H and O–H groups in total. The van der Waals surface area contributed by atoms with E-state index in [1.807, 2.05) is 35.8 Å². The first kappa shape index (κ1) is 27.1. The number of ether oxygens (including phenoxy) is 4. The number of ketones is 2. The van der Waals surface area contributed by atoms with Crippen LogP contribution in [-0.4, -0.2) is 60.0 Å². The van der Waals surface area contributed by atoms with Crippen LogP contribution < -0.4 is 18.9 Å². The van der Waals surface area contributed by atoms with Crippen molar-refractivity contribution in [1.29, 1.82) is 0 Å². The second-order valence-corrected chi connectivity index (χ2v) is 8.78. The third-order valence-corrected chi connectivity index (χ3v) is 6.44. The molecule has 0 fully saturated rings. The topological polar surface area (TPSA) is 102 Å². The van der Waals surface area contributed by atoms with Gasteiger partial charge in [0.25, 0.3) is 0 Å². The lowest BCUT2D eigenvalue weighted by Crippen LogP contribution is -2.14. The maximum absolute atomic E-state index is 12.4. The van der Waals surface area contributed by atoms with E-state index in [4.69, 9.17) is 18.9 Å². The number of rotatable bonds is 15. The summed E-state index contributed by atoms with van der Waals surface area (Å²) in [6.45, 7) is 2.57. The molecule has 0 spiro atoms. The van der Waals surface area contributed by atoms with E-state index < -0.39 is 0 Å². The number of hydrogen-bond acceptors (Lipinski definition) is 9. The summed E-state index contributed by atoms with van der Waals surface area (Å²) < 4.78 is 23.2. The molecule has 0 amide bonds. The zero-order chi connectivity index (χ0) is 25.9. The largest absolute Gasteiger partial charge is 0.497 e. The molecule has 0 radical (unpaired) electrons. The van der Waals surface area contributed by atoms with Gasteiger partial charge in [-0.15, -0.1) is 10.2 Å². The molecule has 0 saturated carbocycles. The number of Topliss-reactive ketones (excluding diaryl/α,β-unsaturated/α-hetero) is 2. The van der Waals surface area contributed by atoms with Crippen molar-refractivity contribution in [2.24, 2.45) is 0 Å². The fourth-order valence-electron chi connectivity index (χ4n) is 3.49. The van der Waals surface area contributed by atoms with Gasteiger partial charge in [-0.2, -0.15) is 0 Å². The van der Waals surface area contributed by atoms with Crippen LogP contribution in [0.1, 0.15) is 24.7 Å². The zero-order valence-corrected chi connectivity index (χ0v) is 21.8. The molecule has 0 saturated heterocycles. The molecule has 3 rings (SSSR count). The van der Waals surface area contributed by atoms with Crippen molar-refractivity contribution in [1.82, 2.24) is 14.8 Å². The smallest absolute Gasteiger partial charge is 0.191 e. The molecule has 36 heavy (non-hydrogen) atoms. The van der Waals surface area contributed by atoms with E-state index in [2.05, 4.69) is 10.2 Å². The Morgan fingerprint density at radius 1 is 0.889 bits per heavy atom. The Morgan fingerprint density at radius 2 is 1.61 bits per heavy atom. The first-order valence-electron chi connectivity index (χ1n) is 11.5. The average molecular weight is 514 g/mol. The Kier molecular flexibility index (Phi) is 10.2. The monoisotopic (exact) mass is 513 g/mol. The van der Waals surface area contributed by atoms with Gasteiger partial charge in [-0.3, -0.25) is 9.59 Å². The number of nitrogens with zero attached hydrogens (tertiary/aromatic N) is 3. The Morgan fingerprint density at radius 3 is 2.28 bits per heavy atom. The van der Waals surface area contributed by atoms with Crippen molar-refractivity contribution < 1.29 is 28.5 Å². The summed E-state index contributed by atoms with van der Waals surface area (Å²) in [5.74, 6) is 3.45. The van der Waals surface area contributed by atoms with Crippen molar-refractivity contribution in [2.45, 2.75) is 37.9 Å². The fourth-order valence-corrected chi connectivity index (χ4v) is 4.37. The second-order valence-electron chi connectivity index (χ2n) is 7.84. The number of thioether (sulfide) groups is 1. The summed E-state index contributed by atoms with van der Waals surface area (Å²) in [4.78, 5) is 24.9. The van der Waals surface area contributed by atoms with Gasteiger partial charge in [0.1, 0.15) is 29.7 Å². The SMILES string of the molecule is CCn1c(CCC(=O)COc2ccc(OC)c(OC)c2)nnc1SCC(=O)Cc1ccc(OC)cc1. The predicted octanol–water partition coefficient (Wildman–Crippen LogP) is 3.81. The normalized spacial score (nSPS) is 10.7. The summed E-state index contributed by atoms with van der Waals surface area (Å²) >= 11 is 1.36. The van der Waals surface area contributed by atoms with Gasteiger partial charge in [0.05, 0.1) is 27.1 Å². The zero-order valence-electron chi connectivity index (χ0n) is 21.0. The van der Waals surface area contributed by atoms with E-state index in [0.717, 1.165) is 11.3 Å². The van der Waals surface area contributed by atoms with Crippen LogP contribution in [-0.2, 0) is 29.0 Å². The van der Waals surface area contributed by atoms with Crippen molar-refractivity contribution in [3.05, 3.63) is 53.9 Å². The fraction of sp³-hybridized carbons (Fsp3) is 0.385.